The molecule has 5 heterocycles. The van der Waals surface area contributed by atoms with Crippen LogP contribution in [0, 0.1) is 40.9 Å². The van der Waals surface area contributed by atoms with E-state index in [9.17, 15) is 24.6 Å². The van der Waals surface area contributed by atoms with Crippen molar-refractivity contribution in [3.05, 3.63) is 10.6 Å². The zero-order chi connectivity index (χ0) is 31.2. The van der Waals surface area contributed by atoms with Crippen molar-refractivity contribution in [1.29, 1.82) is 0 Å². The maximum atomic E-state index is 14.0. The molecule has 5 saturated heterocycles. The van der Waals surface area contributed by atoms with E-state index in [2.05, 4.69) is 52.2 Å². The third-order valence-corrected chi connectivity index (χ3v) is 13.2. The second-order valence-electron chi connectivity index (χ2n) is 15.1. The largest absolute Gasteiger partial charge is 3.00 e. The van der Waals surface area contributed by atoms with Crippen LogP contribution in [0.15, 0.2) is 0 Å². The summed E-state index contributed by atoms with van der Waals surface area (Å²) in [6.45, 7) is 13.4. The minimum atomic E-state index is -0.785. The van der Waals surface area contributed by atoms with Crippen molar-refractivity contribution < 1.29 is 41.7 Å². The van der Waals surface area contributed by atoms with Crippen LogP contribution in [0.2, 0.25) is 0 Å². The van der Waals surface area contributed by atoms with E-state index in [0.717, 1.165) is 32.1 Å². The summed E-state index contributed by atoms with van der Waals surface area (Å²) in [5, 5.41) is 37.8. The Morgan fingerprint density at radius 1 is 0.773 bits per heavy atom. The van der Waals surface area contributed by atoms with Gasteiger partial charge in [0.15, 0.2) is 5.78 Å². The summed E-state index contributed by atoms with van der Waals surface area (Å²) < 4.78 is 0. The zero-order valence-corrected chi connectivity index (χ0v) is 28.6. The Morgan fingerprint density at radius 3 is 1.91 bits per heavy atom. The van der Waals surface area contributed by atoms with Crippen LogP contribution >= 0.6 is 0 Å². The maximum absolute atomic E-state index is 14.0. The Balaban J connectivity index is 0.00000442. The molecule has 5 fully saturated rings. The predicted octanol–water partition coefficient (Wildman–Crippen LogP) is 5.37. The Bertz CT molecular complexity index is 1050. The standard InChI is InChI=1S/C34H56N4O5.Fe/c1-7-20-17(3)23-13-24-18(4)21(9-11-31(39)40)26(35-24)15-27-22(10-12-32(41)42)19(5)25(36-27)14-29-33(43)34(6,8-2)30(38-29)16-28(20)37-23;/h17-30,35,38H,7-16H2,1-6H3,(H,39,40)(H,41,42);/q-2;+3/t17?,18?,19?,20?,21?,22?,23?,24?,25?,26?,27?,28?,29?,30?,34-;/m0./s1. The number of carbonyl (C=O) groups excluding carboxylic acids is 1. The first-order valence-corrected chi connectivity index (χ1v) is 17.3. The fraction of sp³-hybridized carbons (Fsp3) is 0.912. The van der Waals surface area contributed by atoms with Crippen molar-refractivity contribution >= 4 is 17.7 Å². The molecule has 0 saturated carbocycles. The molecule has 4 N–H and O–H groups in total. The summed E-state index contributed by atoms with van der Waals surface area (Å²) in [6.07, 6.45) is 6.62. The molecule has 249 valence electrons. The molecule has 44 heavy (non-hydrogen) atoms. The molecule has 0 aromatic carbocycles. The van der Waals surface area contributed by atoms with E-state index in [0.29, 0.717) is 42.8 Å². The molecule has 9 nitrogen and oxygen atoms in total. The van der Waals surface area contributed by atoms with Gasteiger partial charge in [0.05, 0.1) is 6.04 Å². The second-order valence-corrected chi connectivity index (χ2v) is 15.1. The van der Waals surface area contributed by atoms with Crippen molar-refractivity contribution in [3.63, 3.8) is 0 Å². The van der Waals surface area contributed by atoms with Crippen molar-refractivity contribution in [2.45, 2.75) is 154 Å². The topological polar surface area (TPSA) is 144 Å². The molecular formula is C34H56FeN4O5+. The van der Waals surface area contributed by atoms with Crippen LogP contribution in [-0.2, 0) is 31.5 Å². The second kappa shape index (κ2) is 14.4. The number of nitrogens with zero attached hydrogens (tertiary/aromatic N) is 2. The average Bonchev–Trinajstić information content (AvgIpc) is 3.59. The van der Waals surface area contributed by atoms with Crippen LogP contribution in [0.1, 0.15) is 106 Å². The molecule has 0 aromatic rings. The number of carbonyl (C=O) groups is 3. The molecule has 5 aliphatic heterocycles. The minimum Gasteiger partial charge on any atom is -0.656 e. The van der Waals surface area contributed by atoms with E-state index in [4.69, 9.17) is 10.6 Å². The summed E-state index contributed by atoms with van der Waals surface area (Å²) in [5.41, 5.74) is -0.426. The summed E-state index contributed by atoms with van der Waals surface area (Å²) in [7, 11) is 0. The molecule has 5 aliphatic rings. The summed E-state index contributed by atoms with van der Waals surface area (Å²) in [5.74, 6) is 0.583. The number of hydrogen-bond donors (Lipinski definition) is 4. The van der Waals surface area contributed by atoms with E-state index in [-0.39, 0.29) is 96.0 Å². The summed E-state index contributed by atoms with van der Waals surface area (Å²) in [4.78, 5) is 37.3. The van der Waals surface area contributed by atoms with Gasteiger partial charge in [0.1, 0.15) is 0 Å². The molecule has 0 aromatic heterocycles. The van der Waals surface area contributed by atoms with Crippen LogP contribution in [0.3, 0.4) is 0 Å². The number of ketones is 1. The van der Waals surface area contributed by atoms with Crippen LogP contribution < -0.4 is 10.6 Å². The first-order chi connectivity index (χ1) is 20.4. The number of carboxylic acids is 2. The average molecular weight is 657 g/mol. The van der Waals surface area contributed by atoms with Gasteiger partial charge in [-0.1, -0.05) is 90.9 Å². The van der Waals surface area contributed by atoms with E-state index in [1.54, 1.807) is 0 Å². The van der Waals surface area contributed by atoms with E-state index >= 15 is 0 Å². The van der Waals surface area contributed by atoms with E-state index in [1.807, 2.05) is 0 Å². The minimum absolute atomic E-state index is 0. The van der Waals surface area contributed by atoms with Gasteiger partial charge in [-0.05, 0) is 37.5 Å². The fourth-order valence-electron chi connectivity index (χ4n) is 10.2. The Kier molecular flexibility index (Phi) is 11.7. The third kappa shape index (κ3) is 6.82. The number of aliphatic carboxylic acids is 2. The maximum Gasteiger partial charge on any atom is 3.00 e. The van der Waals surface area contributed by atoms with E-state index in [1.165, 1.54) is 0 Å². The summed E-state index contributed by atoms with van der Waals surface area (Å²) >= 11 is 0. The molecule has 0 amide bonds. The van der Waals surface area contributed by atoms with Crippen LogP contribution in [0.25, 0.3) is 10.6 Å². The van der Waals surface area contributed by atoms with Crippen molar-refractivity contribution in [3.8, 4) is 0 Å². The number of carboxylic acid groups (broad SMARTS) is 2. The quantitative estimate of drug-likeness (QED) is 0.257. The van der Waals surface area contributed by atoms with Gasteiger partial charge in [0.2, 0.25) is 0 Å². The Morgan fingerprint density at radius 2 is 1.32 bits per heavy atom. The molecule has 10 heteroatoms. The van der Waals surface area contributed by atoms with Crippen molar-refractivity contribution in [2.75, 3.05) is 0 Å². The first kappa shape index (κ1) is 35.8. The fourth-order valence-corrected chi connectivity index (χ4v) is 10.2. The first-order valence-electron chi connectivity index (χ1n) is 17.3. The van der Waals surface area contributed by atoms with Gasteiger partial charge < -0.3 is 31.5 Å². The van der Waals surface area contributed by atoms with Crippen LogP contribution in [0.4, 0.5) is 0 Å². The molecule has 15 atom stereocenters. The molecule has 5 rings (SSSR count). The monoisotopic (exact) mass is 656 g/mol. The van der Waals surface area contributed by atoms with E-state index < -0.39 is 17.4 Å². The van der Waals surface area contributed by atoms with Crippen molar-refractivity contribution in [2.24, 2.45) is 40.9 Å². The van der Waals surface area contributed by atoms with Gasteiger partial charge in [0, 0.05) is 36.4 Å². The van der Waals surface area contributed by atoms with Gasteiger partial charge in [-0.25, -0.2) is 0 Å². The predicted molar refractivity (Wildman–Crippen MR) is 167 cm³/mol. The molecular weight excluding hydrogens is 600 g/mol. The van der Waals surface area contributed by atoms with Crippen molar-refractivity contribution in [1.82, 2.24) is 10.6 Å². The molecule has 0 aliphatic carbocycles. The van der Waals surface area contributed by atoms with Crippen LogP contribution in [0.5, 0.6) is 0 Å². The third-order valence-electron chi connectivity index (χ3n) is 13.2. The molecule has 8 bridgehead atoms. The van der Waals surface area contributed by atoms with Gasteiger partial charge in [-0.3, -0.25) is 14.4 Å². The smallest absolute Gasteiger partial charge is 0.656 e. The number of fused-ring (bicyclic) bond motifs is 8. The SMILES string of the molecule is CCC1C2CC3NC(CC4[N-]C(CC5NC(CC([N-]2)C1C)C(C)C5CCC(=O)O)C(CCC(=O)O)C4C)C(=O)[C@@]3(C)CC.[Fe+3]. The Labute approximate surface area is 275 Å². The number of Topliss-reactive ketones (excluding diaryl/α,β-unsaturated/α-hetero) is 1. The number of hydrogen-bond acceptors (Lipinski definition) is 5. The van der Waals surface area contributed by atoms with Gasteiger partial charge in [-0.2, -0.15) is 0 Å². The molecule has 1 radical (unpaired) electrons. The molecule has 14 unspecified atom stereocenters. The van der Waals surface area contributed by atoms with Gasteiger partial charge in [-0.15, -0.1) is 24.2 Å². The Hall–Kier alpha value is -1.03. The normalized spacial score (nSPS) is 47.0. The summed E-state index contributed by atoms with van der Waals surface area (Å²) in [6, 6.07) is 0.686. The number of rotatable bonds is 8. The zero-order valence-electron chi connectivity index (χ0n) is 27.5. The molecule has 0 spiro atoms. The van der Waals surface area contributed by atoms with Gasteiger partial charge >= 0.3 is 29.0 Å². The number of nitrogens with one attached hydrogen (secondary N) is 2. The van der Waals surface area contributed by atoms with Crippen LogP contribution in [-0.4, -0.2) is 76.3 Å². The van der Waals surface area contributed by atoms with Gasteiger partial charge in [0.25, 0.3) is 0 Å².